The molecule has 2 aromatic heterocycles. The maximum Gasteiger partial charge on any atom is 0.326 e. The van der Waals surface area contributed by atoms with Crippen LogP contribution in [0.1, 0.15) is 185 Å². The molecule has 0 saturated heterocycles. The zero-order valence-electron chi connectivity index (χ0n) is 40.3. The van der Waals surface area contributed by atoms with E-state index in [9.17, 15) is 48.6 Å². The van der Waals surface area contributed by atoms with Gasteiger partial charge in [0.2, 0.25) is 11.8 Å². The van der Waals surface area contributed by atoms with Crippen molar-refractivity contribution in [1.82, 2.24) is 20.2 Å². The molecular weight excluding hydrogens is 873 g/mol. The van der Waals surface area contributed by atoms with Gasteiger partial charge in [-0.2, -0.15) is 0 Å². The highest BCUT2D eigenvalue weighted by atomic mass is 16.6. The number of ketones is 1. The molecule has 0 fully saturated rings. The van der Waals surface area contributed by atoms with Gasteiger partial charge in [0.1, 0.15) is 17.8 Å². The summed E-state index contributed by atoms with van der Waals surface area (Å²) in [6.07, 6.45) is 12.3. The van der Waals surface area contributed by atoms with Crippen LogP contribution in [-0.2, 0) is 63.3 Å². The Balaban J connectivity index is 1.29. The van der Waals surface area contributed by atoms with E-state index in [0.29, 0.717) is 65.5 Å². The number of unbranched alkanes of at least 4 members (excludes halogenated alkanes) is 10. The zero-order valence-corrected chi connectivity index (χ0v) is 40.3. The molecule has 5 rings (SSSR count). The highest BCUT2D eigenvalue weighted by Crippen LogP contribution is 2.42. The van der Waals surface area contributed by atoms with Crippen LogP contribution in [0.15, 0.2) is 29.1 Å². The van der Waals surface area contributed by atoms with Gasteiger partial charge in [0.15, 0.2) is 11.4 Å². The highest BCUT2D eigenvalue weighted by molar-refractivity contribution is 5.94. The third-order valence-electron chi connectivity index (χ3n) is 13.3. The number of nitrogens with one attached hydrogen (secondary N) is 2. The SMILES string of the molecule is CCCCCCCCC(NC(=O)CCC(=O)Oc1ccc2nc3c(c(CC)c2c1)Cn1c-3cc2c(c1=O)CCCC(=O)[C@@]2(CC)OC(=O)CCC(=O)NC(CCCCCCCC)C(=O)O)C(=O)O. The van der Waals surface area contributed by atoms with E-state index in [0.717, 1.165) is 75.3 Å². The number of aryl methyl sites for hydroxylation is 1. The quantitative estimate of drug-likeness (QED) is 0.0182. The van der Waals surface area contributed by atoms with E-state index in [-0.39, 0.29) is 68.6 Å². The Kier molecular flexibility index (Phi) is 19.8. The fourth-order valence-electron chi connectivity index (χ4n) is 9.51. The standard InChI is InChI=1S/C52H70N4O12/c1-5-9-11-13-15-17-21-40(50(63)64)53-44(58)26-28-46(60)67-33-24-25-39-36(30-33)34(7-3)37-32-56-42(48(37)55-39)31-38-35(49(56)62)20-19-23-43(57)52(38,8-4)68-47(61)29-27-45(59)54-41(51(65)66)22-18-16-14-12-10-6-2/h24-25,30-31,40-41H,5-23,26-29,32H2,1-4H3,(H,53,58)(H,54,59)(H,63,64)(H,65,66)/t40?,41?,52-/m0/s1. The number of aromatic nitrogens is 2. The molecule has 370 valence electrons. The summed E-state index contributed by atoms with van der Waals surface area (Å²) in [7, 11) is 0. The number of fused-ring (bicyclic) bond motifs is 5. The lowest BCUT2D eigenvalue weighted by atomic mass is 9.84. The number of amides is 2. The molecule has 0 saturated carbocycles. The van der Waals surface area contributed by atoms with Gasteiger partial charge in [0, 0.05) is 41.3 Å². The van der Waals surface area contributed by atoms with Crippen LogP contribution >= 0.6 is 0 Å². The number of benzene rings is 1. The van der Waals surface area contributed by atoms with Gasteiger partial charge in [0.05, 0.1) is 36.3 Å². The van der Waals surface area contributed by atoms with Crippen LogP contribution in [0.5, 0.6) is 5.75 Å². The first-order valence-electron chi connectivity index (χ1n) is 24.9. The zero-order chi connectivity index (χ0) is 49.4. The average Bonchev–Trinajstić information content (AvgIpc) is 3.61. The van der Waals surface area contributed by atoms with Crippen LogP contribution in [0.3, 0.4) is 0 Å². The predicted molar refractivity (Wildman–Crippen MR) is 255 cm³/mol. The van der Waals surface area contributed by atoms with E-state index in [1.54, 1.807) is 35.8 Å². The van der Waals surface area contributed by atoms with E-state index in [1.165, 1.54) is 0 Å². The fraction of sp³-hybridized carbons (Fsp3) is 0.596. The second-order valence-corrected chi connectivity index (χ2v) is 18.2. The van der Waals surface area contributed by atoms with Gasteiger partial charge in [-0.25, -0.2) is 14.6 Å². The fourth-order valence-corrected chi connectivity index (χ4v) is 9.51. The molecule has 0 bridgehead atoms. The van der Waals surface area contributed by atoms with Crippen molar-refractivity contribution in [2.24, 2.45) is 0 Å². The minimum absolute atomic E-state index is 0.0332. The molecule has 16 nitrogen and oxygen atoms in total. The number of hydrogen-bond acceptors (Lipinski definition) is 11. The summed E-state index contributed by atoms with van der Waals surface area (Å²) >= 11 is 0. The number of carboxylic acid groups (broad SMARTS) is 2. The van der Waals surface area contributed by atoms with E-state index >= 15 is 0 Å². The molecule has 3 atom stereocenters. The molecule has 0 spiro atoms. The Hall–Kier alpha value is -5.93. The largest absolute Gasteiger partial charge is 0.480 e. The van der Waals surface area contributed by atoms with Crippen LogP contribution in [-0.4, -0.2) is 73.3 Å². The first-order valence-corrected chi connectivity index (χ1v) is 24.9. The monoisotopic (exact) mass is 942 g/mol. The number of carbonyl (C=O) groups is 7. The van der Waals surface area contributed by atoms with Crippen LogP contribution in [0, 0.1) is 0 Å². The van der Waals surface area contributed by atoms with Crippen molar-refractivity contribution in [3.05, 3.63) is 56.9 Å². The summed E-state index contributed by atoms with van der Waals surface area (Å²) in [5.41, 5.74) is 1.71. The Labute approximate surface area is 398 Å². The summed E-state index contributed by atoms with van der Waals surface area (Å²) in [5, 5.41) is 25.1. The Morgan fingerprint density at radius 3 is 1.85 bits per heavy atom. The van der Waals surface area contributed by atoms with Gasteiger partial charge in [0.25, 0.3) is 5.56 Å². The predicted octanol–water partition coefficient (Wildman–Crippen LogP) is 8.15. The third kappa shape index (κ3) is 13.4. The van der Waals surface area contributed by atoms with E-state index < -0.39 is 59.8 Å². The molecule has 4 N–H and O–H groups in total. The van der Waals surface area contributed by atoms with E-state index in [2.05, 4.69) is 24.5 Å². The van der Waals surface area contributed by atoms with Crippen LogP contribution < -0.4 is 20.9 Å². The van der Waals surface area contributed by atoms with Crippen molar-refractivity contribution in [2.45, 2.75) is 200 Å². The second kappa shape index (κ2) is 25.4. The van der Waals surface area contributed by atoms with Gasteiger partial charge >= 0.3 is 23.9 Å². The highest BCUT2D eigenvalue weighted by Gasteiger charge is 2.47. The molecular formula is C52H70N4O12. The Morgan fingerprint density at radius 2 is 1.29 bits per heavy atom. The molecule has 1 aromatic carbocycles. The summed E-state index contributed by atoms with van der Waals surface area (Å²) in [4.78, 5) is 109. The van der Waals surface area contributed by atoms with Gasteiger partial charge in [-0.05, 0) is 68.4 Å². The average molecular weight is 943 g/mol. The minimum atomic E-state index is -1.80. The summed E-state index contributed by atoms with van der Waals surface area (Å²) in [6, 6.07) is 4.58. The lowest BCUT2D eigenvalue weighted by molar-refractivity contribution is -0.170. The second-order valence-electron chi connectivity index (χ2n) is 18.2. The molecule has 1 aliphatic heterocycles. The van der Waals surface area contributed by atoms with Crippen LogP contribution in [0.25, 0.3) is 22.3 Å². The Bertz CT molecular complexity index is 2390. The van der Waals surface area contributed by atoms with Crippen molar-refractivity contribution >= 4 is 52.4 Å². The number of nitrogens with zero attached hydrogens (tertiary/aromatic N) is 2. The maximum absolute atomic E-state index is 14.5. The number of esters is 2. The van der Waals surface area contributed by atoms with Crippen molar-refractivity contribution < 1.29 is 53.2 Å². The molecule has 0 radical (unpaired) electrons. The normalized spacial score (nSPS) is 15.9. The molecule has 2 aliphatic rings. The molecule has 68 heavy (non-hydrogen) atoms. The van der Waals surface area contributed by atoms with E-state index in [4.69, 9.17) is 14.5 Å². The number of pyridine rings is 2. The smallest absolute Gasteiger partial charge is 0.326 e. The van der Waals surface area contributed by atoms with Crippen molar-refractivity contribution in [2.75, 3.05) is 0 Å². The lowest BCUT2D eigenvalue weighted by Gasteiger charge is -2.32. The van der Waals surface area contributed by atoms with Gasteiger partial charge in [-0.3, -0.25) is 28.8 Å². The van der Waals surface area contributed by atoms with Crippen molar-refractivity contribution in [1.29, 1.82) is 0 Å². The van der Waals surface area contributed by atoms with Gasteiger partial charge in [-0.15, -0.1) is 0 Å². The molecule has 1 aliphatic carbocycles. The first-order chi connectivity index (χ1) is 32.7. The number of rotatable bonds is 28. The number of Topliss-reactive ketones (excluding diaryl/α,β-unsaturated/α-hetero) is 1. The van der Waals surface area contributed by atoms with Crippen LogP contribution in [0.4, 0.5) is 0 Å². The maximum atomic E-state index is 14.5. The Morgan fingerprint density at radius 1 is 0.721 bits per heavy atom. The summed E-state index contributed by atoms with van der Waals surface area (Å²) in [6.45, 7) is 8.10. The van der Waals surface area contributed by atoms with E-state index in [1.807, 2.05) is 6.92 Å². The third-order valence-corrected chi connectivity index (χ3v) is 13.3. The number of aliphatic carboxylic acids is 2. The number of carbonyl (C=O) groups excluding carboxylic acids is 5. The lowest BCUT2D eigenvalue weighted by Crippen LogP contribution is -2.42. The van der Waals surface area contributed by atoms with Gasteiger partial charge in [-0.1, -0.05) is 105 Å². The summed E-state index contributed by atoms with van der Waals surface area (Å²) in [5.74, 6) is -5.06. The molecule has 16 heteroatoms. The summed E-state index contributed by atoms with van der Waals surface area (Å²) < 4.78 is 13.3. The number of hydrogen-bond donors (Lipinski definition) is 4. The van der Waals surface area contributed by atoms with Crippen LogP contribution in [0.2, 0.25) is 0 Å². The molecule has 2 amide bonds. The van der Waals surface area contributed by atoms with Crippen molar-refractivity contribution in [3.8, 4) is 17.1 Å². The number of carboxylic acids is 2. The molecule has 2 unspecified atom stereocenters. The van der Waals surface area contributed by atoms with Crippen molar-refractivity contribution in [3.63, 3.8) is 0 Å². The number of ether oxygens (including phenoxy) is 2. The first kappa shape index (κ1) is 53.0. The topological polar surface area (TPSA) is 237 Å². The molecule has 3 heterocycles. The minimum Gasteiger partial charge on any atom is -0.480 e. The van der Waals surface area contributed by atoms with Gasteiger partial charge < -0.3 is 34.9 Å². The molecule has 3 aromatic rings.